The van der Waals surface area contributed by atoms with Crippen LogP contribution in [0.3, 0.4) is 0 Å². The number of hydrogen-bond acceptors (Lipinski definition) is 2. The second kappa shape index (κ2) is 7.66. The van der Waals surface area contributed by atoms with Gasteiger partial charge in [0, 0.05) is 6.04 Å². The van der Waals surface area contributed by atoms with Gasteiger partial charge in [0.25, 0.3) is 0 Å². The van der Waals surface area contributed by atoms with Gasteiger partial charge in [0.05, 0.1) is 0 Å². The molecular weight excluding hydrogens is 202 g/mol. The van der Waals surface area contributed by atoms with Gasteiger partial charge in [0.2, 0.25) is 0 Å². The molecule has 2 unspecified atom stereocenters. The van der Waals surface area contributed by atoms with Crippen LogP contribution < -0.4 is 5.32 Å². The Morgan fingerprint density at radius 2 is 2.00 bits per heavy atom. The Morgan fingerprint density at radius 1 is 1.25 bits per heavy atom. The second-order valence-corrected chi connectivity index (χ2v) is 4.89. The fraction of sp³-hybridized carbons (Fsp3) is 0.923. The van der Waals surface area contributed by atoms with Crippen LogP contribution in [0.1, 0.15) is 64.7 Å². The van der Waals surface area contributed by atoms with E-state index in [0.29, 0.717) is 6.04 Å². The maximum atomic E-state index is 10.9. The quantitative estimate of drug-likeness (QED) is 0.657. The van der Waals surface area contributed by atoms with Gasteiger partial charge >= 0.3 is 5.97 Å². The molecule has 2 atom stereocenters. The summed E-state index contributed by atoms with van der Waals surface area (Å²) in [4.78, 5) is 10.9. The summed E-state index contributed by atoms with van der Waals surface area (Å²) >= 11 is 0. The van der Waals surface area contributed by atoms with E-state index in [2.05, 4.69) is 12.2 Å². The van der Waals surface area contributed by atoms with E-state index in [1.807, 2.05) is 0 Å². The number of carbonyl (C=O) groups is 1. The largest absolute Gasteiger partial charge is 0.480 e. The van der Waals surface area contributed by atoms with Gasteiger partial charge in [0.1, 0.15) is 6.04 Å². The minimum atomic E-state index is -0.685. The number of unbranched alkanes of at least 4 members (excludes halogenated alkanes) is 4. The standard InChI is InChI=1S/C13H25NO2/c1-2-3-4-5-6-8-11-9-7-10-12(14-11)13(15)16/h11-12,14H,2-10H2,1H3,(H,15,16). The molecule has 1 saturated heterocycles. The SMILES string of the molecule is CCCCCCCC1CCCC(C(=O)O)N1. The van der Waals surface area contributed by atoms with E-state index in [4.69, 9.17) is 5.11 Å². The van der Waals surface area contributed by atoms with Crippen molar-refractivity contribution >= 4 is 5.97 Å². The number of nitrogens with one attached hydrogen (secondary N) is 1. The van der Waals surface area contributed by atoms with E-state index < -0.39 is 5.97 Å². The maximum Gasteiger partial charge on any atom is 0.320 e. The number of carboxylic acid groups (broad SMARTS) is 1. The first-order valence-electron chi connectivity index (χ1n) is 6.73. The highest BCUT2D eigenvalue weighted by molar-refractivity contribution is 5.73. The predicted molar refractivity (Wildman–Crippen MR) is 65.6 cm³/mol. The Labute approximate surface area is 98.6 Å². The molecule has 1 aliphatic heterocycles. The van der Waals surface area contributed by atoms with Gasteiger partial charge in [0.15, 0.2) is 0 Å². The minimum absolute atomic E-state index is 0.297. The van der Waals surface area contributed by atoms with E-state index in [1.165, 1.54) is 32.1 Å². The van der Waals surface area contributed by atoms with Gasteiger partial charge in [-0.3, -0.25) is 4.79 Å². The molecule has 2 N–H and O–H groups in total. The zero-order valence-corrected chi connectivity index (χ0v) is 10.4. The monoisotopic (exact) mass is 227 g/mol. The lowest BCUT2D eigenvalue weighted by Crippen LogP contribution is -2.46. The molecule has 0 aliphatic carbocycles. The number of piperidine rings is 1. The van der Waals surface area contributed by atoms with Crippen LogP contribution in [-0.2, 0) is 4.79 Å². The molecule has 16 heavy (non-hydrogen) atoms. The summed E-state index contributed by atoms with van der Waals surface area (Å²) in [6.45, 7) is 2.22. The Bertz CT molecular complexity index is 206. The number of aliphatic carboxylic acids is 1. The lowest BCUT2D eigenvalue weighted by atomic mass is 9.94. The van der Waals surface area contributed by atoms with E-state index in [1.54, 1.807) is 0 Å². The lowest BCUT2D eigenvalue weighted by Gasteiger charge is -2.28. The molecular formula is C13H25NO2. The molecule has 0 aromatic carbocycles. The number of hydrogen-bond donors (Lipinski definition) is 2. The smallest absolute Gasteiger partial charge is 0.320 e. The molecule has 0 saturated carbocycles. The van der Waals surface area contributed by atoms with E-state index in [0.717, 1.165) is 25.7 Å². The molecule has 3 heteroatoms. The molecule has 0 amide bonds. The fourth-order valence-electron chi connectivity index (χ4n) is 2.44. The summed E-state index contributed by atoms with van der Waals surface area (Å²) in [6.07, 6.45) is 10.6. The Morgan fingerprint density at radius 3 is 2.69 bits per heavy atom. The van der Waals surface area contributed by atoms with E-state index >= 15 is 0 Å². The van der Waals surface area contributed by atoms with Gasteiger partial charge < -0.3 is 10.4 Å². The highest BCUT2D eigenvalue weighted by Gasteiger charge is 2.25. The van der Waals surface area contributed by atoms with Crippen molar-refractivity contribution in [2.24, 2.45) is 0 Å². The Balaban J connectivity index is 2.10. The van der Waals surface area contributed by atoms with Gasteiger partial charge in [-0.25, -0.2) is 0 Å². The lowest BCUT2D eigenvalue weighted by molar-refractivity contribution is -0.140. The highest BCUT2D eigenvalue weighted by atomic mass is 16.4. The number of carboxylic acids is 1. The molecule has 1 heterocycles. The minimum Gasteiger partial charge on any atom is -0.480 e. The Kier molecular flexibility index (Phi) is 6.46. The van der Waals surface area contributed by atoms with Crippen molar-refractivity contribution in [3.63, 3.8) is 0 Å². The molecule has 3 nitrogen and oxygen atoms in total. The maximum absolute atomic E-state index is 10.9. The second-order valence-electron chi connectivity index (χ2n) is 4.89. The van der Waals surface area contributed by atoms with Crippen molar-refractivity contribution in [2.75, 3.05) is 0 Å². The van der Waals surface area contributed by atoms with Gasteiger partial charge in [-0.15, -0.1) is 0 Å². The van der Waals surface area contributed by atoms with Crippen molar-refractivity contribution in [3.05, 3.63) is 0 Å². The first kappa shape index (κ1) is 13.5. The Hall–Kier alpha value is -0.570. The van der Waals surface area contributed by atoms with Crippen LogP contribution in [0.5, 0.6) is 0 Å². The molecule has 0 aromatic heterocycles. The normalized spacial score (nSPS) is 25.6. The fourth-order valence-corrected chi connectivity index (χ4v) is 2.44. The van der Waals surface area contributed by atoms with Crippen LogP contribution in [0.4, 0.5) is 0 Å². The topological polar surface area (TPSA) is 49.3 Å². The molecule has 0 radical (unpaired) electrons. The third-order valence-corrected chi connectivity index (χ3v) is 3.44. The summed E-state index contributed by atoms with van der Waals surface area (Å²) in [7, 11) is 0. The molecule has 1 aliphatic rings. The molecule has 94 valence electrons. The molecule has 1 fully saturated rings. The van der Waals surface area contributed by atoms with Crippen LogP contribution in [0.15, 0.2) is 0 Å². The number of rotatable bonds is 7. The van der Waals surface area contributed by atoms with Gasteiger partial charge in [-0.2, -0.15) is 0 Å². The molecule has 0 aromatic rings. The van der Waals surface area contributed by atoms with Crippen LogP contribution in [-0.4, -0.2) is 23.2 Å². The van der Waals surface area contributed by atoms with Crippen molar-refractivity contribution in [2.45, 2.75) is 76.8 Å². The van der Waals surface area contributed by atoms with Crippen molar-refractivity contribution < 1.29 is 9.90 Å². The highest BCUT2D eigenvalue weighted by Crippen LogP contribution is 2.18. The van der Waals surface area contributed by atoms with E-state index in [9.17, 15) is 4.79 Å². The third-order valence-electron chi connectivity index (χ3n) is 3.44. The summed E-state index contributed by atoms with van der Waals surface area (Å²) in [5.41, 5.74) is 0. The molecule has 0 bridgehead atoms. The first-order chi connectivity index (χ1) is 7.74. The summed E-state index contributed by atoms with van der Waals surface area (Å²) in [5, 5.41) is 12.2. The molecule has 1 rings (SSSR count). The summed E-state index contributed by atoms with van der Waals surface area (Å²) in [6, 6.07) is 0.144. The average Bonchev–Trinajstić information content (AvgIpc) is 2.29. The zero-order valence-electron chi connectivity index (χ0n) is 10.4. The zero-order chi connectivity index (χ0) is 11.8. The molecule has 0 spiro atoms. The van der Waals surface area contributed by atoms with Gasteiger partial charge in [-0.05, 0) is 25.7 Å². The predicted octanol–water partition coefficient (Wildman–Crippen LogP) is 2.94. The first-order valence-corrected chi connectivity index (χ1v) is 6.73. The third kappa shape index (κ3) is 4.97. The van der Waals surface area contributed by atoms with Crippen molar-refractivity contribution in [1.82, 2.24) is 5.32 Å². The van der Waals surface area contributed by atoms with Crippen LogP contribution >= 0.6 is 0 Å². The summed E-state index contributed by atoms with van der Waals surface area (Å²) in [5.74, 6) is -0.685. The van der Waals surface area contributed by atoms with Gasteiger partial charge in [-0.1, -0.05) is 39.0 Å². The summed E-state index contributed by atoms with van der Waals surface area (Å²) < 4.78 is 0. The van der Waals surface area contributed by atoms with Crippen LogP contribution in [0.2, 0.25) is 0 Å². The van der Waals surface area contributed by atoms with Crippen LogP contribution in [0.25, 0.3) is 0 Å². The van der Waals surface area contributed by atoms with Crippen LogP contribution in [0, 0.1) is 0 Å². The average molecular weight is 227 g/mol. The van der Waals surface area contributed by atoms with Crippen molar-refractivity contribution in [1.29, 1.82) is 0 Å². The van der Waals surface area contributed by atoms with Crippen molar-refractivity contribution in [3.8, 4) is 0 Å². The van der Waals surface area contributed by atoms with E-state index in [-0.39, 0.29) is 6.04 Å².